The Bertz CT molecular complexity index is 586. The van der Waals surface area contributed by atoms with Gasteiger partial charge >= 0.3 is 0 Å². The van der Waals surface area contributed by atoms with E-state index in [1.165, 1.54) is 6.33 Å². The molecule has 0 N–H and O–H groups in total. The van der Waals surface area contributed by atoms with E-state index in [9.17, 15) is 0 Å². The van der Waals surface area contributed by atoms with Crippen LogP contribution in [0.1, 0.15) is 5.69 Å². The number of nitrogens with zero attached hydrogens (tertiary/aromatic N) is 4. The van der Waals surface area contributed by atoms with E-state index in [1.807, 2.05) is 18.2 Å². The molecular weight excluding hydrogens is 232 g/mol. The van der Waals surface area contributed by atoms with Crippen molar-refractivity contribution in [3.63, 3.8) is 0 Å². The van der Waals surface area contributed by atoms with Crippen LogP contribution in [0.3, 0.4) is 0 Å². The van der Waals surface area contributed by atoms with Gasteiger partial charge in [-0.1, -0.05) is 30.3 Å². The van der Waals surface area contributed by atoms with Gasteiger partial charge in [-0.05, 0) is 0 Å². The highest BCUT2D eigenvalue weighted by molar-refractivity contribution is 7.13. The first-order chi connectivity index (χ1) is 8.42. The van der Waals surface area contributed by atoms with Gasteiger partial charge in [0, 0.05) is 10.9 Å². The average Bonchev–Trinajstić information content (AvgIpc) is 3.02. The molecule has 1 aromatic carbocycles. The van der Waals surface area contributed by atoms with Crippen molar-refractivity contribution in [1.82, 2.24) is 19.7 Å². The number of aromatic nitrogens is 4. The second kappa shape index (κ2) is 4.47. The third-order valence-corrected chi connectivity index (χ3v) is 3.30. The first kappa shape index (κ1) is 10.2. The zero-order valence-electron chi connectivity index (χ0n) is 9.02. The quantitative estimate of drug-likeness (QED) is 0.708. The number of benzene rings is 1. The summed E-state index contributed by atoms with van der Waals surface area (Å²) in [5, 5.41) is 7.17. The van der Waals surface area contributed by atoms with Crippen molar-refractivity contribution >= 4 is 11.3 Å². The lowest BCUT2D eigenvalue weighted by Gasteiger charge is -1.96. The van der Waals surface area contributed by atoms with Crippen molar-refractivity contribution in [3.05, 3.63) is 54.1 Å². The van der Waals surface area contributed by atoms with Crippen LogP contribution in [0, 0.1) is 0 Å². The molecule has 0 spiro atoms. The maximum absolute atomic E-state index is 4.59. The standard InChI is InChI=1S/C12H10N4S/c1-2-4-10(5-3-1)12-15-11(7-17-12)6-16-9-13-8-14-16/h1-5,7-9H,6H2. The van der Waals surface area contributed by atoms with Gasteiger partial charge in [0.05, 0.1) is 12.2 Å². The van der Waals surface area contributed by atoms with E-state index >= 15 is 0 Å². The Morgan fingerprint density at radius 2 is 2.06 bits per heavy atom. The minimum atomic E-state index is 0.670. The molecule has 0 amide bonds. The van der Waals surface area contributed by atoms with Crippen LogP contribution in [0.25, 0.3) is 10.6 Å². The zero-order chi connectivity index (χ0) is 11.5. The molecule has 0 aliphatic heterocycles. The van der Waals surface area contributed by atoms with Crippen LogP contribution in [0.2, 0.25) is 0 Å². The lowest BCUT2D eigenvalue weighted by atomic mass is 10.2. The number of rotatable bonds is 3. The van der Waals surface area contributed by atoms with Crippen molar-refractivity contribution < 1.29 is 0 Å². The molecule has 5 heteroatoms. The van der Waals surface area contributed by atoms with Gasteiger partial charge in [0.1, 0.15) is 17.7 Å². The van der Waals surface area contributed by atoms with Crippen LogP contribution in [0.4, 0.5) is 0 Å². The largest absolute Gasteiger partial charge is 0.247 e. The highest BCUT2D eigenvalue weighted by Crippen LogP contribution is 2.23. The van der Waals surface area contributed by atoms with E-state index in [0.717, 1.165) is 16.3 Å². The van der Waals surface area contributed by atoms with E-state index in [1.54, 1.807) is 22.3 Å². The van der Waals surface area contributed by atoms with Crippen LogP contribution in [-0.2, 0) is 6.54 Å². The van der Waals surface area contributed by atoms with Crippen molar-refractivity contribution in [2.45, 2.75) is 6.54 Å². The second-order valence-corrected chi connectivity index (χ2v) is 4.46. The summed E-state index contributed by atoms with van der Waals surface area (Å²) < 4.78 is 1.77. The molecule has 3 aromatic rings. The lowest BCUT2D eigenvalue weighted by Crippen LogP contribution is -1.99. The molecular formula is C12H10N4S. The predicted molar refractivity (Wildman–Crippen MR) is 66.7 cm³/mol. The molecule has 0 radical (unpaired) electrons. The molecule has 3 rings (SSSR count). The molecule has 0 bridgehead atoms. The first-order valence-corrected chi connectivity index (χ1v) is 6.12. The smallest absolute Gasteiger partial charge is 0.137 e. The Labute approximate surface area is 103 Å². The van der Waals surface area contributed by atoms with Gasteiger partial charge in [0.2, 0.25) is 0 Å². The Hall–Kier alpha value is -2.01. The van der Waals surface area contributed by atoms with Crippen LogP contribution >= 0.6 is 11.3 Å². The summed E-state index contributed by atoms with van der Waals surface area (Å²) in [4.78, 5) is 8.50. The molecule has 0 saturated heterocycles. The summed E-state index contributed by atoms with van der Waals surface area (Å²) >= 11 is 1.65. The SMILES string of the molecule is c1ccc(-c2nc(Cn3cncn3)cs2)cc1. The Morgan fingerprint density at radius 3 is 2.82 bits per heavy atom. The fourth-order valence-electron chi connectivity index (χ4n) is 1.57. The van der Waals surface area contributed by atoms with Gasteiger partial charge in [-0.25, -0.2) is 14.6 Å². The first-order valence-electron chi connectivity index (χ1n) is 5.24. The number of thiazole rings is 1. The van der Waals surface area contributed by atoms with E-state index in [2.05, 4.69) is 32.6 Å². The van der Waals surface area contributed by atoms with Gasteiger partial charge in [-0.2, -0.15) is 5.10 Å². The molecule has 0 fully saturated rings. The minimum Gasteiger partial charge on any atom is -0.247 e. The molecule has 2 aromatic heterocycles. The zero-order valence-corrected chi connectivity index (χ0v) is 9.84. The lowest BCUT2D eigenvalue weighted by molar-refractivity contribution is 0.674. The van der Waals surface area contributed by atoms with Gasteiger partial charge in [-0.15, -0.1) is 11.3 Å². The van der Waals surface area contributed by atoms with Crippen LogP contribution in [0.15, 0.2) is 48.4 Å². The molecule has 17 heavy (non-hydrogen) atoms. The van der Waals surface area contributed by atoms with Crippen LogP contribution in [-0.4, -0.2) is 19.7 Å². The highest BCUT2D eigenvalue weighted by Gasteiger charge is 2.04. The molecule has 84 valence electrons. The normalized spacial score (nSPS) is 10.6. The summed E-state index contributed by atoms with van der Waals surface area (Å²) in [5.74, 6) is 0. The van der Waals surface area contributed by atoms with Crippen molar-refractivity contribution in [2.24, 2.45) is 0 Å². The van der Waals surface area contributed by atoms with Gasteiger partial charge in [0.25, 0.3) is 0 Å². The molecule has 0 saturated carbocycles. The molecule has 0 unspecified atom stereocenters. The molecule has 0 aliphatic rings. The van der Waals surface area contributed by atoms with Crippen LogP contribution in [0.5, 0.6) is 0 Å². The Balaban J connectivity index is 1.84. The maximum Gasteiger partial charge on any atom is 0.137 e. The summed E-state index contributed by atoms with van der Waals surface area (Å²) in [5.41, 5.74) is 2.17. The summed E-state index contributed by atoms with van der Waals surface area (Å²) in [6.07, 6.45) is 3.23. The molecule has 0 atom stereocenters. The maximum atomic E-state index is 4.59. The van der Waals surface area contributed by atoms with E-state index in [4.69, 9.17) is 0 Å². The Morgan fingerprint density at radius 1 is 1.18 bits per heavy atom. The van der Waals surface area contributed by atoms with Crippen molar-refractivity contribution in [2.75, 3.05) is 0 Å². The molecule has 0 aliphatic carbocycles. The minimum absolute atomic E-state index is 0.670. The number of hydrogen-bond acceptors (Lipinski definition) is 4. The van der Waals surface area contributed by atoms with E-state index in [-0.39, 0.29) is 0 Å². The van der Waals surface area contributed by atoms with Gasteiger partial charge in [-0.3, -0.25) is 0 Å². The van der Waals surface area contributed by atoms with Crippen molar-refractivity contribution in [3.8, 4) is 10.6 Å². The molecule has 4 nitrogen and oxygen atoms in total. The Kier molecular flexibility index (Phi) is 2.67. The summed E-state index contributed by atoms with van der Waals surface area (Å²) in [7, 11) is 0. The topological polar surface area (TPSA) is 43.6 Å². The fourth-order valence-corrected chi connectivity index (χ4v) is 2.39. The summed E-state index contributed by atoms with van der Waals surface area (Å²) in [6, 6.07) is 10.2. The molecule has 2 heterocycles. The van der Waals surface area contributed by atoms with Crippen LogP contribution < -0.4 is 0 Å². The highest BCUT2D eigenvalue weighted by atomic mass is 32.1. The number of hydrogen-bond donors (Lipinski definition) is 0. The third-order valence-electron chi connectivity index (χ3n) is 2.36. The average molecular weight is 242 g/mol. The second-order valence-electron chi connectivity index (χ2n) is 3.60. The van der Waals surface area contributed by atoms with Gasteiger partial charge < -0.3 is 0 Å². The predicted octanol–water partition coefficient (Wildman–Crippen LogP) is 2.45. The third kappa shape index (κ3) is 2.24. The monoisotopic (exact) mass is 242 g/mol. The van der Waals surface area contributed by atoms with E-state index in [0.29, 0.717) is 6.54 Å². The summed E-state index contributed by atoms with van der Waals surface area (Å²) in [6.45, 7) is 0.670. The van der Waals surface area contributed by atoms with Gasteiger partial charge in [0.15, 0.2) is 0 Å². The van der Waals surface area contributed by atoms with Crippen molar-refractivity contribution in [1.29, 1.82) is 0 Å². The van der Waals surface area contributed by atoms with E-state index < -0.39 is 0 Å². The fraction of sp³-hybridized carbons (Fsp3) is 0.0833.